The SMILES string of the molecule is Cc1cc(C)c(OCc2ccc(C(N)=O)cc2C)c(N)c1. The third-order valence-electron chi connectivity index (χ3n) is 3.45. The van der Waals surface area contributed by atoms with Gasteiger partial charge in [0.1, 0.15) is 12.4 Å². The van der Waals surface area contributed by atoms with E-state index in [9.17, 15) is 4.79 Å². The highest BCUT2D eigenvalue weighted by Crippen LogP contribution is 2.28. The topological polar surface area (TPSA) is 78.3 Å². The van der Waals surface area contributed by atoms with E-state index in [4.69, 9.17) is 16.2 Å². The lowest BCUT2D eigenvalue weighted by Gasteiger charge is -2.14. The van der Waals surface area contributed by atoms with Crippen LogP contribution >= 0.6 is 0 Å². The van der Waals surface area contributed by atoms with E-state index in [0.29, 0.717) is 23.6 Å². The van der Waals surface area contributed by atoms with E-state index in [1.54, 1.807) is 12.1 Å². The molecule has 4 nitrogen and oxygen atoms in total. The molecule has 1 amide bonds. The second-order valence-corrected chi connectivity index (χ2v) is 5.29. The van der Waals surface area contributed by atoms with Crippen molar-refractivity contribution in [1.29, 1.82) is 0 Å². The molecule has 2 rings (SSSR count). The first kappa shape index (κ1) is 14.9. The van der Waals surface area contributed by atoms with Crippen molar-refractivity contribution in [2.45, 2.75) is 27.4 Å². The number of carbonyl (C=O) groups excluding carboxylic acids is 1. The quantitative estimate of drug-likeness (QED) is 0.847. The van der Waals surface area contributed by atoms with Gasteiger partial charge in [-0.25, -0.2) is 0 Å². The Hall–Kier alpha value is -2.49. The van der Waals surface area contributed by atoms with Crippen LogP contribution in [0.2, 0.25) is 0 Å². The molecule has 4 heteroatoms. The molecule has 110 valence electrons. The number of amides is 1. The van der Waals surface area contributed by atoms with Crippen LogP contribution in [-0.4, -0.2) is 5.91 Å². The van der Waals surface area contributed by atoms with Gasteiger partial charge in [0, 0.05) is 5.56 Å². The molecule has 0 heterocycles. The van der Waals surface area contributed by atoms with E-state index >= 15 is 0 Å². The fraction of sp³-hybridized carbons (Fsp3) is 0.235. The van der Waals surface area contributed by atoms with Crippen LogP contribution in [0.1, 0.15) is 32.6 Å². The van der Waals surface area contributed by atoms with Crippen LogP contribution in [0.15, 0.2) is 30.3 Å². The molecule has 0 radical (unpaired) electrons. The van der Waals surface area contributed by atoms with Gasteiger partial charge in [-0.3, -0.25) is 4.79 Å². The van der Waals surface area contributed by atoms with Crippen molar-refractivity contribution in [3.05, 3.63) is 58.1 Å². The molecule has 0 aliphatic carbocycles. The van der Waals surface area contributed by atoms with E-state index in [-0.39, 0.29) is 0 Å². The van der Waals surface area contributed by atoms with Crippen LogP contribution in [0, 0.1) is 20.8 Å². The van der Waals surface area contributed by atoms with Crippen LogP contribution in [0.25, 0.3) is 0 Å². The third-order valence-corrected chi connectivity index (χ3v) is 3.45. The summed E-state index contributed by atoms with van der Waals surface area (Å²) in [4.78, 5) is 11.1. The summed E-state index contributed by atoms with van der Waals surface area (Å²) in [5.74, 6) is 0.281. The summed E-state index contributed by atoms with van der Waals surface area (Å²) in [6, 6.07) is 9.26. The van der Waals surface area contributed by atoms with E-state index < -0.39 is 5.91 Å². The summed E-state index contributed by atoms with van der Waals surface area (Å²) in [7, 11) is 0. The zero-order chi connectivity index (χ0) is 15.6. The minimum Gasteiger partial charge on any atom is -0.486 e. The average molecular weight is 284 g/mol. The van der Waals surface area contributed by atoms with Gasteiger partial charge in [-0.05, 0) is 61.2 Å². The van der Waals surface area contributed by atoms with Gasteiger partial charge in [0.2, 0.25) is 5.91 Å². The van der Waals surface area contributed by atoms with Gasteiger partial charge in [0.25, 0.3) is 0 Å². The summed E-state index contributed by atoms with van der Waals surface area (Å²) < 4.78 is 5.85. The maximum absolute atomic E-state index is 11.1. The molecule has 0 unspecified atom stereocenters. The predicted molar refractivity (Wildman–Crippen MR) is 84.4 cm³/mol. The minimum atomic E-state index is -0.427. The smallest absolute Gasteiger partial charge is 0.248 e. The highest BCUT2D eigenvalue weighted by atomic mass is 16.5. The van der Waals surface area contributed by atoms with E-state index in [2.05, 4.69) is 0 Å². The molecule has 0 atom stereocenters. The Bertz CT molecular complexity index is 670. The average Bonchev–Trinajstić information content (AvgIpc) is 2.38. The molecule has 0 fully saturated rings. The van der Waals surface area contributed by atoms with Gasteiger partial charge in [0.05, 0.1) is 5.69 Å². The highest BCUT2D eigenvalue weighted by Gasteiger charge is 2.08. The minimum absolute atomic E-state index is 0.402. The van der Waals surface area contributed by atoms with Crippen molar-refractivity contribution in [2.75, 3.05) is 5.73 Å². The van der Waals surface area contributed by atoms with E-state index in [1.807, 2.05) is 39.0 Å². The van der Waals surface area contributed by atoms with Crippen molar-refractivity contribution in [3.63, 3.8) is 0 Å². The van der Waals surface area contributed by atoms with Gasteiger partial charge in [0.15, 0.2) is 0 Å². The second-order valence-electron chi connectivity index (χ2n) is 5.29. The number of nitrogens with two attached hydrogens (primary N) is 2. The number of primary amides is 1. The van der Waals surface area contributed by atoms with Crippen molar-refractivity contribution >= 4 is 11.6 Å². The van der Waals surface area contributed by atoms with Crippen molar-refractivity contribution in [2.24, 2.45) is 5.73 Å². The first-order valence-corrected chi connectivity index (χ1v) is 6.77. The zero-order valence-electron chi connectivity index (χ0n) is 12.6. The molecule has 0 aliphatic rings. The van der Waals surface area contributed by atoms with Gasteiger partial charge < -0.3 is 16.2 Å². The number of benzene rings is 2. The largest absolute Gasteiger partial charge is 0.486 e. The molecule has 0 saturated heterocycles. The highest BCUT2D eigenvalue weighted by molar-refractivity contribution is 5.93. The fourth-order valence-electron chi connectivity index (χ4n) is 2.35. The molecular weight excluding hydrogens is 264 g/mol. The molecule has 0 spiro atoms. The number of hydrogen-bond acceptors (Lipinski definition) is 3. The van der Waals surface area contributed by atoms with Gasteiger partial charge in [-0.1, -0.05) is 12.1 Å². The van der Waals surface area contributed by atoms with Crippen molar-refractivity contribution in [1.82, 2.24) is 0 Å². The molecular formula is C17H20N2O2. The zero-order valence-corrected chi connectivity index (χ0v) is 12.6. The second kappa shape index (κ2) is 5.87. The maximum Gasteiger partial charge on any atom is 0.248 e. The van der Waals surface area contributed by atoms with Crippen molar-refractivity contribution in [3.8, 4) is 5.75 Å². The normalized spacial score (nSPS) is 10.4. The number of hydrogen-bond donors (Lipinski definition) is 2. The van der Waals surface area contributed by atoms with Gasteiger partial charge in [-0.2, -0.15) is 0 Å². The summed E-state index contributed by atoms with van der Waals surface area (Å²) in [6.45, 7) is 6.30. The predicted octanol–water partition coefficient (Wildman–Crippen LogP) is 2.87. The van der Waals surface area contributed by atoms with E-state index in [1.165, 1.54) is 0 Å². The number of nitrogen functional groups attached to an aromatic ring is 1. The van der Waals surface area contributed by atoms with Gasteiger partial charge in [-0.15, -0.1) is 0 Å². The lowest BCUT2D eigenvalue weighted by molar-refractivity contribution is 0.1000. The Balaban J connectivity index is 2.19. The fourth-order valence-corrected chi connectivity index (χ4v) is 2.35. The molecule has 2 aromatic carbocycles. The molecule has 0 aromatic heterocycles. The number of carbonyl (C=O) groups is 1. The Morgan fingerprint density at radius 2 is 1.81 bits per heavy atom. The van der Waals surface area contributed by atoms with Crippen LogP contribution in [0.3, 0.4) is 0 Å². The van der Waals surface area contributed by atoms with Crippen LogP contribution in [0.4, 0.5) is 5.69 Å². The Morgan fingerprint density at radius 3 is 2.38 bits per heavy atom. The Labute approximate surface area is 124 Å². The van der Waals surface area contributed by atoms with E-state index in [0.717, 1.165) is 22.3 Å². The molecule has 4 N–H and O–H groups in total. The first-order valence-electron chi connectivity index (χ1n) is 6.77. The third kappa shape index (κ3) is 3.34. The standard InChI is InChI=1S/C17H20N2O2/c1-10-6-12(3)16(15(18)7-10)21-9-14-5-4-13(17(19)20)8-11(14)2/h4-8H,9,18H2,1-3H3,(H2,19,20). The molecule has 2 aromatic rings. The molecule has 0 saturated carbocycles. The first-order chi connectivity index (χ1) is 9.88. The number of anilines is 1. The lowest BCUT2D eigenvalue weighted by Crippen LogP contribution is -2.11. The molecule has 0 aliphatic heterocycles. The number of rotatable bonds is 4. The summed E-state index contributed by atoms with van der Waals surface area (Å²) in [6.07, 6.45) is 0. The Morgan fingerprint density at radius 1 is 1.10 bits per heavy atom. The molecule has 0 bridgehead atoms. The van der Waals surface area contributed by atoms with Crippen LogP contribution in [-0.2, 0) is 6.61 Å². The summed E-state index contributed by atoms with van der Waals surface area (Å²) in [5.41, 5.74) is 16.5. The number of ether oxygens (including phenoxy) is 1. The van der Waals surface area contributed by atoms with Gasteiger partial charge >= 0.3 is 0 Å². The van der Waals surface area contributed by atoms with Crippen molar-refractivity contribution < 1.29 is 9.53 Å². The maximum atomic E-state index is 11.1. The Kier molecular flexibility index (Phi) is 4.17. The van der Waals surface area contributed by atoms with Crippen LogP contribution in [0.5, 0.6) is 5.75 Å². The molecule has 21 heavy (non-hydrogen) atoms. The summed E-state index contributed by atoms with van der Waals surface area (Å²) >= 11 is 0. The monoisotopic (exact) mass is 284 g/mol. The van der Waals surface area contributed by atoms with Crippen LogP contribution < -0.4 is 16.2 Å². The number of aryl methyl sites for hydroxylation is 3. The summed E-state index contributed by atoms with van der Waals surface area (Å²) in [5, 5.41) is 0. The lowest BCUT2D eigenvalue weighted by atomic mass is 10.1.